The Morgan fingerprint density at radius 3 is 2.61 bits per heavy atom. The molecule has 0 saturated carbocycles. The van der Waals surface area contributed by atoms with Crippen LogP contribution in [0.15, 0.2) is 42.7 Å². The smallest absolute Gasteiger partial charge is 0.0713 e. The van der Waals surface area contributed by atoms with Gasteiger partial charge in [-0.1, -0.05) is 12.1 Å². The fourth-order valence-corrected chi connectivity index (χ4v) is 1.76. The summed E-state index contributed by atoms with van der Waals surface area (Å²) in [5, 5.41) is 3.39. The summed E-state index contributed by atoms with van der Waals surface area (Å²) in [6.45, 7) is 3.55. The third kappa shape index (κ3) is 3.31. The fourth-order valence-electron chi connectivity index (χ4n) is 1.76. The van der Waals surface area contributed by atoms with E-state index in [0.717, 1.165) is 12.2 Å². The van der Waals surface area contributed by atoms with Crippen LogP contribution in [0.2, 0.25) is 0 Å². The van der Waals surface area contributed by atoms with Gasteiger partial charge in [0.05, 0.1) is 6.61 Å². The summed E-state index contributed by atoms with van der Waals surface area (Å²) in [7, 11) is 1.71. The quantitative estimate of drug-likeness (QED) is 0.874. The van der Waals surface area contributed by atoms with E-state index in [9.17, 15) is 0 Å². The summed E-state index contributed by atoms with van der Waals surface area (Å²) in [5.74, 6) is 0. The molecule has 2 aromatic rings. The molecular weight excluding hydrogens is 224 g/mol. The third-order valence-electron chi connectivity index (χ3n) is 2.90. The number of aryl methyl sites for hydroxylation is 1. The van der Waals surface area contributed by atoms with Crippen molar-refractivity contribution < 1.29 is 4.74 Å². The molecule has 0 aliphatic heterocycles. The van der Waals surface area contributed by atoms with Crippen molar-refractivity contribution in [1.82, 2.24) is 4.98 Å². The maximum atomic E-state index is 5.08. The molecule has 2 rings (SSSR count). The number of nitrogens with zero attached hydrogens (tertiary/aromatic N) is 1. The van der Waals surface area contributed by atoms with Gasteiger partial charge in [-0.05, 0) is 41.8 Å². The second kappa shape index (κ2) is 6.17. The topological polar surface area (TPSA) is 34.1 Å². The first kappa shape index (κ1) is 12.6. The number of pyridine rings is 1. The second-order valence-electron chi connectivity index (χ2n) is 4.29. The monoisotopic (exact) mass is 242 g/mol. The number of rotatable bonds is 5. The molecular formula is C15H18N2O. The number of hydrogen-bond donors (Lipinski definition) is 1. The molecule has 0 fully saturated rings. The largest absolute Gasteiger partial charge is 0.381 e. The minimum Gasteiger partial charge on any atom is -0.381 e. The number of anilines is 1. The highest BCUT2D eigenvalue weighted by Crippen LogP contribution is 2.13. The average molecular weight is 242 g/mol. The van der Waals surface area contributed by atoms with Crippen molar-refractivity contribution in [3.05, 3.63) is 59.4 Å². The van der Waals surface area contributed by atoms with Crippen LogP contribution in [0.25, 0.3) is 0 Å². The molecule has 3 nitrogen and oxygen atoms in total. The van der Waals surface area contributed by atoms with Gasteiger partial charge in [0.15, 0.2) is 0 Å². The molecule has 18 heavy (non-hydrogen) atoms. The van der Waals surface area contributed by atoms with Crippen molar-refractivity contribution in [1.29, 1.82) is 0 Å². The van der Waals surface area contributed by atoms with Crippen LogP contribution in [-0.2, 0) is 17.9 Å². The zero-order valence-electron chi connectivity index (χ0n) is 10.8. The number of aromatic nitrogens is 1. The van der Waals surface area contributed by atoms with Gasteiger partial charge in [-0.3, -0.25) is 4.98 Å². The molecule has 1 N–H and O–H groups in total. The van der Waals surface area contributed by atoms with E-state index in [2.05, 4.69) is 41.5 Å². The Morgan fingerprint density at radius 1 is 1.17 bits per heavy atom. The van der Waals surface area contributed by atoms with E-state index in [1.54, 1.807) is 7.11 Å². The minimum absolute atomic E-state index is 0.655. The Bertz CT molecular complexity index is 494. The van der Waals surface area contributed by atoms with Crippen LogP contribution in [0.4, 0.5) is 5.69 Å². The molecule has 0 bridgehead atoms. The first-order chi connectivity index (χ1) is 8.79. The van der Waals surface area contributed by atoms with Crippen LogP contribution in [0.1, 0.15) is 16.7 Å². The number of ether oxygens (including phenoxy) is 1. The lowest BCUT2D eigenvalue weighted by Gasteiger charge is -2.09. The van der Waals surface area contributed by atoms with Crippen LogP contribution in [-0.4, -0.2) is 12.1 Å². The van der Waals surface area contributed by atoms with Crippen LogP contribution < -0.4 is 5.32 Å². The Labute approximate surface area is 108 Å². The fraction of sp³-hybridized carbons (Fsp3) is 0.267. The zero-order valence-corrected chi connectivity index (χ0v) is 10.8. The van der Waals surface area contributed by atoms with Gasteiger partial charge >= 0.3 is 0 Å². The first-order valence-electron chi connectivity index (χ1n) is 6.01. The highest BCUT2D eigenvalue weighted by Gasteiger charge is 1.98. The van der Waals surface area contributed by atoms with Crippen molar-refractivity contribution in [3.63, 3.8) is 0 Å². The standard InChI is InChI=1S/C15H18N2O/c1-12-7-8-16-9-14(12)10-17-15-5-3-13(4-6-15)11-18-2/h3-9,17H,10-11H2,1-2H3. The van der Waals surface area contributed by atoms with Gasteiger partial charge < -0.3 is 10.1 Å². The van der Waals surface area contributed by atoms with Crippen LogP contribution in [0.3, 0.4) is 0 Å². The highest BCUT2D eigenvalue weighted by atomic mass is 16.5. The summed E-state index contributed by atoms with van der Waals surface area (Å²) in [6, 6.07) is 10.3. The van der Waals surface area contributed by atoms with E-state index >= 15 is 0 Å². The van der Waals surface area contributed by atoms with Crippen LogP contribution >= 0.6 is 0 Å². The van der Waals surface area contributed by atoms with Crippen LogP contribution in [0, 0.1) is 6.92 Å². The van der Waals surface area contributed by atoms with Gasteiger partial charge in [-0.15, -0.1) is 0 Å². The number of nitrogens with one attached hydrogen (secondary N) is 1. The van der Waals surface area contributed by atoms with Gasteiger partial charge in [0.1, 0.15) is 0 Å². The third-order valence-corrected chi connectivity index (χ3v) is 2.90. The molecule has 0 aliphatic rings. The highest BCUT2D eigenvalue weighted by molar-refractivity contribution is 5.45. The van der Waals surface area contributed by atoms with E-state index in [0.29, 0.717) is 6.61 Å². The molecule has 0 radical (unpaired) electrons. The van der Waals surface area contributed by atoms with Crippen molar-refractivity contribution in [2.24, 2.45) is 0 Å². The van der Waals surface area contributed by atoms with E-state index < -0.39 is 0 Å². The molecule has 3 heteroatoms. The maximum absolute atomic E-state index is 5.08. The van der Waals surface area contributed by atoms with Crippen molar-refractivity contribution in [2.45, 2.75) is 20.1 Å². The van der Waals surface area contributed by atoms with Gasteiger partial charge in [0, 0.05) is 31.7 Å². The van der Waals surface area contributed by atoms with E-state index in [4.69, 9.17) is 4.74 Å². The molecule has 1 aromatic heterocycles. The lowest BCUT2D eigenvalue weighted by Crippen LogP contribution is -2.01. The molecule has 0 unspecified atom stereocenters. The minimum atomic E-state index is 0.655. The molecule has 94 valence electrons. The van der Waals surface area contributed by atoms with Crippen molar-refractivity contribution in [3.8, 4) is 0 Å². The van der Waals surface area contributed by atoms with Gasteiger partial charge in [-0.25, -0.2) is 0 Å². The Hall–Kier alpha value is -1.87. The summed E-state index contributed by atoms with van der Waals surface area (Å²) >= 11 is 0. The molecule has 1 heterocycles. The van der Waals surface area contributed by atoms with Gasteiger partial charge in [0.25, 0.3) is 0 Å². The second-order valence-corrected chi connectivity index (χ2v) is 4.29. The molecule has 0 spiro atoms. The zero-order chi connectivity index (χ0) is 12.8. The Balaban J connectivity index is 1.96. The molecule has 0 amide bonds. The van der Waals surface area contributed by atoms with E-state index in [1.807, 2.05) is 18.5 Å². The summed E-state index contributed by atoms with van der Waals surface area (Å²) < 4.78 is 5.08. The lowest BCUT2D eigenvalue weighted by molar-refractivity contribution is 0.185. The first-order valence-corrected chi connectivity index (χ1v) is 6.01. The maximum Gasteiger partial charge on any atom is 0.0713 e. The average Bonchev–Trinajstić information content (AvgIpc) is 2.40. The Morgan fingerprint density at radius 2 is 1.94 bits per heavy atom. The van der Waals surface area contributed by atoms with Gasteiger partial charge in [-0.2, -0.15) is 0 Å². The number of hydrogen-bond acceptors (Lipinski definition) is 3. The van der Waals surface area contributed by atoms with E-state index in [-0.39, 0.29) is 0 Å². The molecule has 0 aliphatic carbocycles. The lowest BCUT2D eigenvalue weighted by atomic mass is 10.1. The normalized spacial score (nSPS) is 10.3. The predicted molar refractivity (Wildman–Crippen MR) is 73.5 cm³/mol. The SMILES string of the molecule is COCc1ccc(NCc2cnccc2C)cc1. The summed E-state index contributed by atoms with van der Waals surface area (Å²) in [6.07, 6.45) is 3.72. The van der Waals surface area contributed by atoms with Gasteiger partial charge in [0.2, 0.25) is 0 Å². The summed E-state index contributed by atoms with van der Waals surface area (Å²) in [5.41, 5.74) is 4.77. The molecule has 0 saturated heterocycles. The summed E-state index contributed by atoms with van der Waals surface area (Å²) in [4.78, 5) is 4.14. The van der Waals surface area contributed by atoms with E-state index in [1.165, 1.54) is 16.7 Å². The number of benzene rings is 1. The van der Waals surface area contributed by atoms with Crippen molar-refractivity contribution in [2.75, 3.05) is 12.4 Å². The molecule has 1 aromatic carbocycles. The van der Waals surface area contributed by atoms with Crippen molar-refractivity contribution >= 4 is 5.69 Å². The van der Waals surface area contributed by atoms with Crippen LogP contribution in [0.5, 0.6) is 0 Å². The predicted octanol–water partition coefficient (Wildman–Crippen LogP) is 3.15. The number of methoxy groups -OCH3 is 1. The Kier molecular flexibility index (Phi) is 4.31. The molecule has 0 atom stereocenters.